The monoisotopic (exact) mass is 187 g/mol. The molecule has 0 aromatic rings. The molecule has 0 bridgehead atoms. The van der Waals surface area contributed by atoms with Gasteiger partial charge < -0.3 is 11.1 Å². The third-order valence-corrected chi connectivity index (χ3v) is 1.56. The topological polar surface area (TPSA) is 58.4 Å². The first-order chi connectivity index (χ1) is 6.06. The lowest BCUT2D eigenvalue weighted by Crippen LogP contribution is -2.38. The fraction of sp³-hybridized carbons (Fsp3) is 0.889. The standard InChI is InChI=1S/C9H21N3O/c1-8(2)6-12(3)7-9(13)11-5-4-10/h8H,4-7,10H2,1-3H3,(H,11,13). The lowest BCUT2D eigenvalue weighted by Gasteiger charge is -2.17. The molecule has 1 amide bonds. The van der Waals surface area contributed by atoms with Gasteiger partial charge in [-0.15, -0.1) is 0 Å². The second kappa shape index (κ2) is 6.86. The Bertz CT molecular complexity index is 148. The lowest BCUT2D eigenvalue weighted by atomic mass is 10.2. The zero-order valence-electron chi connectivity index (χ0n) is 8.84. The Balaban J connectivity index is 3.53. The Hall–Kier alpha value is -0.610. The molecule has 78 valence electrons. The van der Waals surface area contributed by atoms with Gasteiger partial charge in [-0.05, 0) is 13.0 Å². The fourth-order valence-corrected chi connectivity index (χ4v) is 1.20. The molecule has 0 unspecified atom stereocenters. The first-order valence-electron chi connectivity index (χ1n) is 4.71. The second-order valence-electron chi connectivity index (χ2n) is 3.73. The zero-order valence-corrected chi connectivity index (χ0v) is 8.84. The average Bonchev–Trinajstić information content (AvgIpc) is 1.98. The first kappa shape index (κ1) is 12.4. The summed E-state index contributed by atoms with van der Waals surface area (Å²) in [6.07, 6.45) is 0. The van der Waals surface area contributed by atoms with Gasteiger partial charge in [0.15, 0.2) is 0 Å². The van der Waals surface area contributed by atoms with E-state index in [1.165, 1.54) is 0 Å². The number of amides is 1. The molecular weight excluding hydrogens is 166 g/mol. The van der Waals surface area contributed by atoms with Crippen molar-refractivity contribution in [3.05, 3.63) is 0 Å². The normalized spacial score (nSPS) is 10.9. The number of likely N-dealkylation sites (N-methyl/N-ethyl adjacent to an activating group) is 1. The molecule has 0 saturated heterocycles. The number of nitrogens with two attached hydrogens (primary N) is 1. The predicted molar refractivity (Wildman–Crippen MR) is 54.4 cm³/mol. The molecule has 0 aromatic carbocycles. The Morgan fingerprint density at radius 1 is 1.54 bits per heavy atom. The van der Waals surface area contributed by atoms with Crippen molar-refractivity contribution in [2.75, 3.05) is 33.2 Å². The SMILES string of the molecule is CC(C)CN(C)CC(=O)NCCN. The van der Waals surface area contributed by atoms with E-state index in [2.05, 4.69) is 19.2 Å². The third kappa shape index (κ3) is 7.74. The molecule has 0 heterocycles. The number of nitrogens with zero attached hydrogens (tertiary/aromatic N) is 1. The van der Waals surface area contributed by atoms with E-state index in [1.54, 1.807) is 0 Å². The van der Waals surface area contributed by atoms with Crippen LogP contribution < -0.4 is 11.1 Å². The van der Waals surface area contributed by atoms with Crippen LogP contribution in [0.25, 0.3) is 0 Å². The van der Waals surface area contributed by atoms with Gasteiger partial charge >= 0.3 is 0 Å². The Kier molecular flexibility index (Phi) is 6.54. The first-order valence-corrected chi connectivity index (χ1v) is 4.71. The van der Waals surface area contributed by atoms with E-state index in [1.807, 2.05) is 11.9 Å². The molecule has 13 heavy (non-hydrogen) atoms. The van der Waals surface area contributed by atoms with Crippen molar-refractivity contribution in [3.63, 3.8) is 0 Å². The Morgan fingerprint density at radius 2 is 2.15 bits per heavy atom. The lowest BCUT2D eigenvalue weighted by molar-refractivity contribution is -0.121. The molecule has 0 aliphatic carbocycles. The van der Waals surface area contributed by atoms with Gasteiger partial charge in [-0.2, -0.15) is 0 Å². The maximum absolute atomic E-state index is 11.2. The highest BCUT2D eigenvalue weighted by Gasteiger charge is 2.06. The summed E-state index contributed by atoms with van der Waals surface area (Å²) in [4.78, 5) is 13.2. The summed E-state index contributed by atoms with van der Waals surface area (Å²) < 4.78 is 0. The van der Waals surface area contributed by atoms with Crippen LogP contribution in [0.5, 0.6) is 0 Å². The number of rotatable bonds is 6. The smallest absolute Gasteiger partial charge is 0.234 e. The minimum absolute atomic E-state index is 0.0496. The highest BCUT2D eigenvalue weighted by molar-refractivity contribution is 5.77. The van der Waals surface area contributed by atoms with E-state index in [9.17, 15) is 4.79 Å². The molecule has 0 aromatic heterocycles. The van der Waals surface area contributed by atoms with Crippen LogP contribution in [0.1, 0.15) is 13.8 Å². The van der Waals surface area contributed by atoms with E-state index in [4.69, 9.17) is 5.73 Å². The summed E-state index contributed by atoms with van der Waals surface area (Å²) in [5, 5.41) is 2.73. The number of hydrogen-bond donors (Lipinski definition) is 2. The number of carbonyl (C=O) groups is 1. The van der Waals surface area contributed by atoms with Gasteiger partial charge in [0.1, 0.15) is 0 Å². The van der Waals surface area contributed by atoms with Crippen LogP contribution in [0.15, 0.2) is 0 Å². The fourth-order valence-electron chi connectivity index (χ4n) is 1.20. The minimum Gasteiger partial charge on any atom is -0.354 e. The van der Waals surface area contributed by atoms with Gasteiger partial charge in [0.05, 0.1) is 6.54 Å². The highest BCUT2D eigenvalue weighted by atomic mass is 16.2. The maximum atomic E-state index is 11.2. The quantitative estimate of drug-likeness (QED) is 0.597. The molecule has 0 radical (unpaired) electrons. The van der Waals surface area contributed by atoms with Crippen molar-refractivity contribution in [3.8, 4) is 0 Å². The van der Waals surface area contributed by atoms with Crippen molar-refractivity contribution in [2.24, 2.45) is 11.7 Å². The maximum Gasteiger partial charge on any atom is 0.234 e. The largest absolute Gasteiger partial charge is 0.354 e. The van der Waals surface area contributed by atoms with Crippen LogP contribution in [-0.2, 0) is 4.79 Å². The van der Waals surface area contributed by atoms with E-state index in [0.717, 1.165) is 6.54 Å². The molecule has 0 aliphatic rings. The van der Waals surface area contributed by atoms with Gasteiger partial charge in [0, 0.05) is 19.6 Å². The molecule has 0 atom stereocenters. The number of nitrogens with one attached hydrogen (secondary N) is 1. The van der Waals surface area contributed by atoms with Crippen LogP contribution in [-0.4, -0.2) is 44.0 Å². The highest BCUT2D eigenvalue weighted by Crippen LogP contribution is 1.94. The summed E-state index contributed by atoms with van der Waals surface area (Å²) in [5.41, 5.74) is 5.26. The summed E-state index contributed by atoms with van der Waals surface area (Å²) >= 11 is 0. The van der Waals surface area contributed by atoms with Gasteiger partial charge in [0.25, 0.3) is 0 Å². The van der Waals surface area contributed by atoms with Crippen LogP contribution in [0.2, 0.25) is 0 Å². The zero-order chi connectivity index (χ0) is 10.3. The van der Waals surface area contributed by atoms with Gasteiger partial charge in [-0.1, -0.05) is 13.8 Å². The van der Waals surface area contributed by atoms with Crippen molar-refractivity contribution in [2.45, 2.75) is 13.8 Å². The predicted octanol–water partition coefficient (Wildman–Crippen LogP) is -0.351. The summed E-state index contributed by atoms with van der Waals surface area (Å²) in [6, 6.07) is 0. The van der Waals surface area contributed by atoms with Crippen molar-refractivity contribution >= 4 is 5.91 Å². The second-order valence-corrected chi connectivity index (χ2v) is 3.73. The summed E-state index contributed by atoms with van der Waals surface area (Å²) in [7, 11) is 1.95. The molecule has 0 spiro atoms. The van der Waals surface area contributed by atoms with E-state index >= 15 is 0 Å². The Labute approximate surface area is 80.5 Å². The van der Waals surface area contributed by atoms with Gasteiger partial charge in [0.2, 0.25) is 5.91 Å². The third-order valence-electron chi connectivity index (χ3n) is 1.56. The molecule has 3 N–H and O–H groups in total. The molecular formula is C9H21N3O. The molecule has 0 fully saturated rings. The molecule has 0 rings (SSSR count). The minimum atomic E-state index is 0.0496. The van der Waals surface area contributed by atoms with E-state index in [-0.39, 0.29) is 5.91 Å². The summed E-state index contributed by atoms with van der Waals surface area (Å²) in [6.45, 7) is 6.73. The molecule has 4 heteroatoms. The van der Waals surface area contributed by atoms with Crippen molar-refractivity contribution < 1.29 is 4.79 Å². The number of hydrogen-bond acceptors (Lipinski definition) is 3. The van der Waals surface area contributed by atoms with Crippen LogP contribution >= 0.6 is 0 Å². The molecule has 0 aliphatic heterocycles. The van der Waals surface area contributed by atoms with Crippen LogP contribution in [0.4, 0.5) is 0 Å². The van der Waals surface area contributed by atoms with Crippen molar-refractivity contribution in [1.82, 2.24) is 10.2 Å². The average molecular weight is 187 g/mol. The molecule has 4 nitrogen and oxygen atoms in total. The summed E-state index contributed by atoms with van der Waals surface area (Å²) in [5.74, 6) is 0.640. The Morgan fingerprint density at radius 3 is 2.62 bits per heavy atom. The van der Waals surface area contributed by atoms with Crippen LogP contribution in [0, 0.1) is 5.92 Å². The van der Waals surface area contributed by atoms with Crippen molar-refractivity contribution in [1.29, 1.82) is 0 Å². The van der Waals surface area contributed by atoms with Gasteiger partial charge in [-0.3, -0.25) is 9.69 Å². The van der Waals surface area contributed by atoms with E-state index in [0.29, 0.717) is 25.6 Å². The molecule has 0 saturated carbocycles. The van der Waals surface area contributed by atoms with Crippen LogP contribution in [0.3, 0.4) is 0 Å². The van der Waals surface area contributed by atoms with E-state index < -0.39 is 0 Å². The van der Waals surface area contributed by atoms with Gasteiger partial charge in [-0.25, -0.2) is 0 Å². The number of carbonyl (C=O) groups excluding carboxylic acids is 1.